The number of hydrogen-bond acceptors (Lipinski definition) is 3. The van der Waals surface area contributed by atoms with Crippen molar-refractivity contribution in [2.75, 3.05) is 7.11 Å². The molecular formula is C11H9NO4. The predicted octanol–water partition coefficient (Wildman–Crippen LogP) is 1.65. The Morgan fingerprint density at radius 1 is 1.31 bits per heavy atom. The number of fused-ring (bicyclic) bond motifs is 1. The lowest BCUT2D eigenvalue weighted by molar-refractivity contribution is 0.0584. The number of carbonyl (C=O) groups is 2. The van der Waals surface area contributed by atoms with E-state index in [1.165, 1.54) is 7.11 Å². The highest BCUT2D eigenvalue weighted by Crippen LogP contribution is 2.23. The van der Waals surface area contributed by atoms with E-state index in [1.54, 1.807) is 24.3 Å². The number of carboxylic acid groups (broad SMARTS) is 1. The van der Waals surface area contributed by atoms with Crippen LogP contribution in [-0.2, 0) is 4.74 Å². The average molecular weight is 219 g/mol. The molecule has 0 aliphatic heterocycles. The SMILES string of the molecule is COC(=O)c1c(C(=O)O)[nH]c2ccccc12. The number of aromatic nitrogens is 1. The molecule has 82 valence electrons. The van der Waals surface area contributed by atoms with Gasteiger partial charge >= 0.3 is 11.9 Å². The van der Waals surface area contributed by atoms with Crippen molar-refractivity contribution in [2.24, 2.45) is 0 Å². The lowest BCUT2D eigenvalue weighted by Gasteiger charge is -1.98. The molecule has 0 saturated carbocycles. The summed E-state index contributed by atoms with van der Waals surface area (Å²) < 4.78 is 4.57. The van der Waals surface area contributed by atoms with E-state index in [2.05, 4.69) is 9.72 Å². The molecule has 0 bridgehead atoms. The number of carbonyl (C=O) groups excluding carboxylic acids is 1. The Morgan fingerprint density at radius 3 is 2.62 bits per heavy atom. The number of aromatic amines is 1. The van der Waals surface area contributed by atoms with Crippen molar-refractivity contribution in [3.63, 3.8) is 0 Å². The van der Waals surface area contributed by atoms with Crippen LogP contribution >= 0.6 is 0 Å². The van der Waals surface area contributed by atoms with E-state index in [1.807, 2.05) is 0 Å². The van der Waals surface area contributed by atoms with Crippen LogP contribution in [0, 0.1) is 0 Å². The van der Waals surface area contributed by atoms with Gasteiger partial charge in [0.05, 0.1) is 12.7 Å². The molecular weight excluding hydrogens is 210 g/mol. The average Bonchev–Trinajstić information content (AvgIpc) is 2.67. The van der Waals surface area contributed by atoms with Crippen LogP contribution in [-0.4, -0.2) is 29.1 Å². The van der Waals surface area contributed by atoms with E-state index in [-0.39, 0.29) is 11.3 Å². The van der Waals surface area contributed by atoms with Gasteiger partial charge in [0.1, 0.15) is 5.69 Å². The molecule has 16 heavy (non-hydrogen) atoms. The Balaban J connectivity index is 2.79. The smallest absolute Gasteiger partial charge is 0.353 e. The molecule has 1 aromatic carbocycles. The van der Waals surface area contributed by atoms with E-state index in [4.69, 9.17) is 5.11 Å². The maximum atomic E-state index is 11.5. The zero-order chi connectivity index (χ0) is 11.7. The third-order valence-corrected chi connectivity index (χ3v) is 2.31. The maximum Gasteiger partial charge on any atom is 0.353 e. The maximum absolute atomic E-state index is 11.5. The largest absolute Gasteiger partial charge is 0.477 e. The number of benzene rings is 1. The van der Waals surface area contributed by atoms with Crippen LogP contribution in [0.15, 0.2) is 24.3 Å². The number of carboxylic acids is 1. The van der Waals surface area contributed by atoms with E-state index >= 15 is 0 Å². The molecule has 0 aliphatic carbocycles. The number of aromatic carboxylic acids is 1. The number of rotatable bonds is 2. The van der Waals surface area contributed by atoms with E-state index in [0.717, 1.165) is 0 Å². The fourth-order valence-corrected chi connectivity index (χ4v) is 1.62. The van der Waals surface area contributed by atoms with Crippen molar-refractivity contribution < 1.29 is 19.4 Å². The minimum atomic E-state index is -1.18. The molecule has 5 nitrogen and oxygen atoms in total. The summed E-state index contributed by atoms with van der Waals surface area (Å²) in [6, 6.07) is 6.86. The lowest BCUT2D eigenvalue weighted by Crippen LogP contribution is -2.08. The van der Waals surface area contributed by atoms with Gasteiger partial charge in [-0.3, -0.25) is 0 Å². The second-order valence-corrected chi connectivity index (χ2v) is 3.22. The summed E-state index contributed by atoms with van der Waals surface area (Å²) in [5.41, 5.74) is 0.513. The van der Waals surface area contributed by atoms with Crippen molar-refractivity contribution in [3.05, 3.63) is 35.5 Å². The van der Waals surface area contributed by atoms with Gasteiger partial charge < -0.3 is 14.8 Å². The van der Waals surface area contributed by atoms with Gasteiger partial charge in [-0.15, -0.1) is 0 Å². The number of methoxy groups -OCH3 is 1. The number of nitrogens with one attached hydrogen (secondary N) is 1. The summed E-state index contributed by atoms with van der Waals surface area (Å²) in [5, 5.41) is 9.52. The zero-order valence-corrected chi connectivity index (χ0v) is 8.48. The minimum Gasteiger partial charge on any atom is -0.477 e. The van der Waals surface area contributed by atoms with E-state index in [0.29, 0.717) is 10.9 Å². The fourth-order valence-electron chi connectivity index (χ4n) is 1.62. The lowest BCUT2D eigenvalue weighted by atomic mass is 10.1. The molecule has 2 N–H and O–H groups in total. The highest BCUT2D eigenvalue weighted by molar-refractivity contribution is 6.12. The number of esters is 1. The number of ether oxygens (including phenoxy) is 1. The van der Waals surface area contributed by atoms with Gasteiger partial charge in [0.2, 0.25) is 0 Å². The first-order valence-electron chi connectivity index (χ1n) is 4.57. The van der Waals surface area contributed by atoms with Gasteiger partial charge in [-0.25, -0.2) is 9.59 Å². The highest BCUT2D eigenvalue weighted by atomic mass is 16.5. The quantitative estimate of drug-likeness (QED) is 0.752. The summed E-state index contributed by atoms with van der Waals surface area (Å²) in [4.78, 5) is 25.2. The molecule has 5 heteroatoms. The molecule has 0 atom stereocenters. The fraction of sp³-hybridized carbons (Fsp3) is 0.0909. The van der Waals surface area contributed by atoms with Gasteiger partial charge in [-0.05, 0) is 6.07 Å². The summed E-state index contributed by atoms with van der Waals surface area (Å²) in [6.45, 7) is 0. The van der Waals surface area contributed by atoms with E-state index < -0.39 is 11.9 Å². The molecule has 0 fully saturated rings. The van der Waals surface area contributed by atoms with Crippen LogP contribution in [0.5, 0.6) is 0 Å². The van der Waals surface area contributed by atoms with Crippen molar-refractivity contribution in [2.45, 2.75) is 0 Å². The molecule has 0 unspecified atom stereocenters. The highest BCUT2D eigenvalue weighted by Gasteiger charge is 2.22. The molecule has 0 radical (unpaired) electrons. The second kappa shape index (κ2) is 3.69. The zero-order valence-electron chi connectivity index (χ0n) is 8.48. The van der Waals surface area contributed by atoms with Crippen molar-refractivity contribution in [1.82, 2.24) is 4.98 Å². The first kappa shape index (κ1) is 10.2. The summed E-state index contributed by atoms with van der Waals surface area (Å²) in [6.07, 6.45) is 0. The Morgan fingerprint density at radius 2 is 2.00 bits per heavy atom. The minimum absolute atomic E-state index is 0.0607. The van der Waals surface area contributed by atoms with Crippen molar-refractivity contribution in [1.29, 1.82) is 0 Å². The Bertz CT molecular complexity index is 570. The molecule has 2 aromatic rings. The van der Waals surface area contributed by atoms with Crippen molar-refractivity contribution >= 4 is 22.8 Å². The monoisotopic (exact) mass is 219 g/mol. The molecule has 2 rings (SSSR count). The van der Waals surface area contributed by atoms with Gasteiger partial charge in [0, 0.05) is 10.9 Å². The van der Waals surface area contributed by atoms with Crippen LogP contribution < -0.4 is 0 Å². The number of H-pyrrole nitrogens is 1. The van der Waals surface area contributed by atoms with Gasteiger partial charge in [0.15, 0.2) is 0 Å². The number of para-hydroxylation sites is 1. The third-order valence-electron chi connectivity index (χ3n) is 2.31. The summed E-state index contributed by atoms with van der Waals surface area (Å²) in [7, 11) is 1.22. The molecule has 1 aromatic heterocycles. The third kappa shape index (κ3) is 1.42. The molecule has 0 aliphatic rings. The molecule has 0 spiro atoms. The van der Waals surface area contributed by atoms with Crippen LogP contribution in [0.1, 0.15) is 20.8 Å². The molecule has 0 saturated heterocycles. The van der Waals surface area contributed by atoms with Crippen LogP contribution in [0.25, 0.3) is 10.9 Å². The second-order valence-electron chi connectivity index (χ2n) is 3.22. The van der Waals surface area contributed by atoms with Crippen LogP contribution in [0.3, 0.4) is 0 Å². The standard InChI is InChI=1S/C11H9NO4/c1-16-11(15)8-6-4-2-3-5-7(6)12-9(8)10(13)14/h2-5,12H,1H3,(H,13,14). The number of hydrogen-bond donors (Lipinski definition) is 2. The first-order valence-corrected chi connectivity index (χ1v) is 4.57. The van der Waals surface area contributed by atoms with E-state index in [9.17, 15) is 9.59 Å². The molecule has 0 amide bonds. The van der Waals surface area contributed by atoms with Crippen LogP contribution in [0.2, 0.25) is 0 Å². The van der Waals surface area contributed by atoms with Gasteiger partial charge in [-0.2, -0.15) is 0 Å². The predicted molar refractivity (Wildman–Crippen MR) is 56.6 cm³/mol. The van der Waals surface area contributed by atoms with Crippen molar-refractivity contribution in [3.8, 4) is 0 Å². The molecule has 1 heterocycles. The van der Waals surface area contributed by atoms with Gasteiger partial charge in [-0.1, -0.05) is 18.2 Å². The first-order chi connectivity index (χ1) is 7.65. The van der Waals surface area contributed by atoms with Crippen LogP contribution in [0.4, 0.5) is 0 Å². The summed E-state index contributed by atoms with van der Waals surface area (Å²) >= 11 is 0. The Labute approximate surface area is 90.6 Å². The summed E-state index contributed by atoms with van der Waals surface area (Å²) in [5.74, 6) is -1.84. The topological polar surface area (TPSA) is 79.4 Å². The normalized spacial score (nSPS) is 10.3. The van der Waals surface area contributed by atoms with Gasteiger partial charge in [0.25, 0.3) is 0 Å². The Hall–Kier alpha value is -2.30. The Kier molecular flexibility index (Phi) is 2.36.